The van der Waals surface area contributed by atoms with Gasteiger partial charge < -0.3 is 26.2 Å². The standard InChI is InChI=1S/C28H39N3O5/c1-18(2)14-25(34)30-24(16-21-10-12-23(33)13-11-21)27(35)31-26(19(3)4)28(36)29-22(17-32)15-20-8-6-5-7-9-20/h5-13,18-19,22,24,26,32-33H,14-17H2,1-4H3,(H,29,36)(H,30,34)(H,31,35)/t22?,24-,26-/m0/s1. The number of aliphatic hydroxyl groups excluding tert-OH is 1. The largest absolute Gasteiger partial charge is 0.508 e. The fraction of sp³-hybridized carbons (Fsp3) is 0.464. The number of hydrogen-bond acceptors (Lipinski definition) is 5. The Morgan fingerprint density at radius 3 is 1.94 bits per heavy atom. The normalized spacial score (nSPS) is 13.6. The molecule has 0 aliphatic heterocycles. The van der Waals surface area contributed by atoms with Crippen LogP contribution in [0.5, 0.6) is 5.75 Å². The molecule has 2 aromatic rings. The Kier molecular flexibility index (Phi) is 11.4. The third kappa shape index (κ3) is 9.70. The van der Waals surface area contributed by atoms with E-state index in [1.54, 1.807) is 12.1 Å². The molecule has 1 unspecified atom stereocenters. The molecule has 0 aliphatic carbocycles. The van der Waals surface area contributed by atoms with Crippen LogP contribution in [0.15, 0.2) is 54.6 Å². The molecule has 0 aliphatic rings. The minimum atomic E-state index is -0.896. The Bertz CT molecular complexity index is 976. The SMILES string of the molecule is CC(C)CC(=O)N[C@@H](Cc1ccc(O)cc1)C(=O)N[C@H](C(=O)NC(CO)Cc1ccccc1)C(C)C. The molecule has 0 bridgehead atoms. The lowest BCUT2D eigenvalue weighted by Gasteiger charge is -2.27. The first-order chi connectivity index (χ1) is 17.1. The average Bonchev–Trinajstić information content (AvgIpc) is 2.82. The summed E-state index contributed by atoms with van der Waals surface area (Å²) in [5, 5.41) is 27.8. The molecule has 0 heterocycles. The first kappa shape index (κ1) is 28.8. The second kappa shape index (κ2) is 14.2. The smallest absolute Gasteiger partial charge is 0.243 e. The van der Waals surface area contributed by atoms with Gasteiger partial charge in [0.05, 0.1) is 12.6 Å². The van der Waals surface area contributed by atoms with E-state index in [0.717, 1.165) is 11.1 Å². The molecule has 0 aromatic heterocycles. The number of phenolic OH excluding ortho intramolecular Hbond substituents is 1. The quantitative estimate of drug-likeness (QED) is 0.290. The van der Waals surface area contributed by atoms with Crippen LogP contribution in [-0.2, 0) is 27.2 Å². The van der Waals surface area contributed by atoms with Crippen LogP contribution in [-0.4, -0.2) is 52.7 Å². The molecule has 0 saturated heterocycles. The van der Waals surface area contributed by atoms with Crippen molar-refractivity contribution < 1.29 is 24.6 Å². The van der Waals surface area contributed by atoms with Gasteiger partial charge in [-0.1, -0.05) is 70.2 Å². The van der Waals surface area contributed by atoms with Crippen LogP contribution in [0, 0.1) is 11.8 Å². The molecule has 3 atom stereocenters. The summed E-state index contributed by atoms with van der Waals surface area (Å²) in [4.78, 5) is 38.9. The van der Waals surface area contributed by atoms with Crippen LogP contribution < -0.4 is 16.0 Å². The molecule has 5 N–H and O–H groups in total. The van der Waals surface area contributed by atoms with E-state index in [0.29, 0.717) is 6.42 Å². The molecule has 3 amide bonds. The molecule has 8 nitrogen and oxygen atoms in total. The predicted octanol–water partition coefficient (Wildman–Crippen LogP) is 2.33. The third-order valence-corrected chi connectivity index (χ3v) is 5.76. The molecule has 0 radical (unpaired) electrons. The number of nitrogens with one attached hydrogen (secondary N) is 3. The Balaban J connectivity index is 2.13. The van der Waals surface area contributed by atoms with Gasteiger partial charge in [0, 0.05) is 12.8 Å². The summed E-state index contributed by atoms with van der Waals surface area (Å²) in [5.41, 5.74) is 1.73. The maximum atomic E-state index is 13.3. The van der Waals surface area contributed by atoms with Crippen molar-refractivity contribution in [1.82, 2.24) is 16.0 Å². The van der Waals surface area contributed by atoms with E-state index in [9.17, 15) is 24.6 Å². The fourth-order valence-corrected chi connectivity index (χ4v) is 3.84. The predicted molar refractivity (Wildman–Crippen MR) is 139 cm³/mol. The number of rotatable bonds is 13. The molecular weight excluding hydrogens is 458 g/mol. The van der Waals surface area contributed by atoms with Crippen molar-refractivity contribution in [2.45, 2.75) is 65.1 Å². The van der Waals surface area contributed by atoms with Crippen LogP contribution >= 0.6 is 0 Å². The van der Waals surface area contributed by atoms with Gasteiger partial charge in [0.25, 0.3) is 0 Å². The zero-order valence-electron chi connectivity index (χ0n) is 21.5. The Morgan fingerprint density at radius 1 is 0.778 bits per heavy atom. The number of aromatic hydroxyl groups is 1. The first-order valence-corrected chi connectivity index (χ1v) is 12.4. The van der Waals surface area contributed by atoms with Crippen LogP contribution in [0.2, 0.25) is 0 Å². The Morgan fingerprint density at radius 2 is 1.39 bits per heavy atom. The minimum Gasteiger partial charge on any atom is -0.508 e. The molecule has 2 aromatic carbocycles. The number of carbonyl (C=O) groups is 3. The summed E-state index contributed by atoms with van der Waals surface area (Å²) < 4.78 is 0. The topological polar surface area (TPSA) is 128 Å². The lowest BCUT2D eigenvalue weighted by Crippen LogP contribution is -2.57. The fourth-order valence-electron chi connectivity index (χ4n) is 3.84. The van der Waals surface area contributed by atoms with Gasteiger partial charge in [-0.05, 0) is 41.5 Å². The second-order valence-electron chi connectivity index (χ2n) is 9.90. The van der Waals surface area contributed by atoms with E-state index in [-0.39, 0.29) is 42.9 Å². The van der Waals surface area contributed by atoms with Crippen molar-refractivity contribution in [1.29, 1.82) is 0 Å². The van der Waals surface area contributed by atoms with E-state index >= 15 is 0 Å². The number of carbonyl (C=O) groups excluding carboxylic acids is 3. The van der Waals surface area contributed by atoms with Gasteiger partial charge in [-0.25, -0.2) is 0 Å². The molecule has 196 valence electrons. The van der Waals surface area contributed by atoms with Gasteiger partial charge >= 0.3 is 0 Å². The number of hydrogen-bond donors (Lipinski definition) is 5. The molecule has 2 rings (SSSR count). The molecule has 0 saturated carbocycles. The van der Waals surface area contributed by atoms with Gasteiger partial charge in [-0.3, -0.25) is 14.4 Å². The third-order valence-electron chi connectivity index (χ3n) is 5.76. The number of phenols is 1. The minimum absolute atomic E-state index is 0.106. The van der Waals surface area contributed by atoms with Gasteiger partial charge in [0.15, 0.2) is 0 Å². The highest BCUT2D eigenvalue weighted by atomic mass is 16.3. The molecule has 0 fully saturated rings. The summed E-state index contributed by atoms with van der Waals surface area (Å²) in [5.74, 6) is -1.13. The van der Waals surface area contributed by atoms with Crippen LogP contribution in [0.4, 0.5) is 0 Å². The molecule has 8 heteroatoms. The van der Waals surface area contributed by atoms with Crippen molar-refractivity contribution >= 4 is 17.7 Å². The number of amides is 3. The van der Waals surface area contributed by atoms with Gasteiger partial charge in [-0.15, -0.1) is 0 Å². The van der Waals surface area contributed by atoms with E-state index in [1.165, 1.54) is 12.1 Å². The second-order valence-corrected chi connectivity index (χ2v) is 9.90. The molecular formula is C28H39N3O5. The van der Waals surface area contributed by atoms with Gasteiger partial charge in [-0.2, -0.15) is 0 Å². The summed E-state index contributed by atoms with van der Waals surface area (Å²) in [6.45, 7) is 7.24. The Hall–Kier alpha value is -3.39. The van der Waals surface area contributed by atoms with Crippen molar-refractivity contribution in [3.8, 4) is 5.75 Å². The molecule has 36 heavy (non-hydrogen) atoms. The summed E-state index contributed by atoms with van der Waals surface area (Å²) in [7, 11) is 0. The van der Waals surface area contributed by atoms with Crippen molar-refractivity contribution in [3.63, 3.8) is 0 Å². The lowest BCUT2D eigenvalue weighted by molar-refractivity contribution is -0.133. The maximum Gasteiger partial charge on any atom is 0.243 e. The van der Waals surface area contributed by atoms with E-state index in [2.05, 4.69) is 16.0 Å². The highest BCUT2D eigenvalue weighted by molar-refractivity contribution is 5.92. The van der Waals surface area contributed by atoms with Crippen molar-refractivity contribution in [2.24, 2.45) is 11.8 Å². The van der Waals surface area contributed by atoms with E-state index in [4.69, 9.17) is 0 Å². The summed E-state index contributed by atoms with van der Waals surface area (Å²) >= 11 is 0. The zero-order chi connectivity index (χ0) is 26.7. The highest BCUT2D eigenvalue weighted by Gasteiger charge is 2.30. The van der Waals surface area contributed by atoms with Crippen LogP contribution in [0.1, 0.15) is 45.2 Å². The van der Waals surface area contributed by atoms with Crippen molar-refractivity contribution in [2.75, 3.05) is 6.61 Å². The number of benzene rings is 2. The lowest BCUT2D eigenvalue weighted by atomic mass is 9.99. The maximum absolute atomic E-state index is 13.3. The zero-order valence-corrected chi connectivity index (χ0v) is 21.5. The van der Waals surface area contributed by atoms with Gasteiger partial charge in [0.2, 0.25) is 17.7 Å². The summed E-state index contributed by atoms with van der Waals surface area (Å²) in [6, 6.07) is 13.7. The van der Waals surface area contributed by atoms with Gasteiger partial charge in [0.1, 0.15) is 17.8 Å². The monoisotopic (exact) mass is 497 g/mol. The highest BCUT2D eigenvalue weighted by Crippen LogP contribution is 2.13. The Labute approximate surface area is 213 Å². The average molecular weight is 498 g/mol. The van der Waals surface area contributed by atoms with Crippen LogP contribution in [0.3, 0.4) is 0 Å². The number of aliphatic hydroxyl groups is 1. The summed E-state index contributed by atoms with van der Waals surface area (Å²) in [6.07, 6.45) is 0.928. The van der Waals surface area contributed by atoms with Crippen LogP contribution in [0.25, 0.3) is 0 Å². The van der Waals surface area contributed by atoms with E-state index in [1.807, 2.05) is 58.0 Å². The van der Waals surface area contributed by atoms with E-state index < -0.39 is 29.9 Å². The first-order valence-electron chi connectivity index (χ1n) is 12.4. The molecule has 0 spiro atoms. The van der Waals surface area contributed by atoms with Crippen molar-refractivity contribution in [3.05, 3.63) is 65.7 Å².